The third-order valence-electron chi connectivity index (χ3n) is 3.50. The van der Waals surface area contributed by atoms with Gasteiger partial charge < -0.3 is 10.2 Å². The summed E-state index contributed by atoms with van der Waals surface area (Å²) >= 11 is 0. The zero-order valence-corrected chi connectivity index (χ0v) is 11.6. The van der Waals surface area contributed by atoms with Crippen molar-refractivity contribution in [3.63, 3.8) is 0 Å². The molecule has 1 aliphatic heterocycles. The van der Waals surface area contributed by atoms with E-state index in [2.05, 4.69) is 53.3 Å². The Morgan fingerprint density at radius 2 is 2.22 bits per heavy atom. The van der Waals surface area contributed by atoms with Gasteiger partial charge in [-0.1, -0.05) is 6.07 Å². The zero-order chi connectivity index (χ0) is 13.0. The summed E-state index contributed by atoms with van der Waals surface area (Å²) in [7, 11) is 4.27. The maximum absolute atomic E-state index is 4.45. The topological polar surface area (TPSA) is 31.4 Å². The molecule has 1 aliphatic rings. The Morgan fingerprint density at radius 1 is 1.39 bits per heavy atom. The Kier molecular flexibility index (Phi) is 4.69. The Bertz CT molecular complexity index is 352. The first kappa shape index (κ1) is 13.5. The van der Waals surface area contributed by atoms with E-state index in [1.54, 1.807) is 0 Å². The molecule has 0 bridgehead atoms. The van der Waals surface area contributed by atoms with Gasteiger partial charge in [0.2, 0.25) is 0 Å². The summed E-state index contributed by atoms with van der Waals surface area (Å²) in [5, 5.41) is 3.52. The van der Waals surface area contributed by atoms with Gasteiger partial charge in [-0.15, -0.1) is 0 Å². The number of aromatic nitrogens is 1. The van der Waals surface area contributed by atoms with Crippen LogP contribution in [0.3, 0.4) is 0 Å². The number of hydrogen-bond acceptors (Lipinski definition) is 4. The highest BCUT2D eigenvalue weighted by atomic mass is 15.3. The summed E-state index contributed by atoms with van der Waals surface area (Å²) in [5.41, 5.74) is 1.16. The van der Waals surface area contributed by atoms with Crippen molar-refractivity contribution in [3.05, 3.63) is 30.1 Å². The highest BCUT2D eigenvalue weighted by Crippen LogP contribution is 2.14. The van der Waals surface area contributed by atoms with E-state index in [1.807, 2.05) is 12.3 Å². The van der Waals surface area contributed by atoms with Gasteiger partial charge in [-0.25, -0.2) is 0 Å². The molecule has 0 aromatic carbocycles. The molecule has 18 heavy (non-hydrogen) atoms. The number of nitrogens with one attached hydrogen (secondary N) is 1. The Labute approximate surface area is 110 Å². The molecule has 2 heterocycles. The molecular weight excluding hydrogens is 224 g/mol. The molecule has 1 aromatic rings. The Hall–Kier alpha value is -0.970. The largest absolute Gasteiger partial charge is 0.314 e. The van der Waals surface area contributed by atoms with Crippen LogP contribution in [0.5, 0.6) is 0 Å². The molecule has 0 radical (unpaired) electrons. The molecule has 0 aliphatic carbocycles. The van der Waals surface area contributed by atoms with E-state index in [0.29, 0.717) is 12.1 Å². The van der Waals surface area contributed by atoms with Gasteiger partial charge in [-0.3, -0.25) is 9.88 Å². The molecule has 2 rings (SSSR count). The first-order chi connectivity index (χ1) is 8.66. The van der Waals surface area contributed by atoms with E-state index >= 15 is 0 Å². The number of likely N-dealkylation sites (N-methyl/N-ethyl adjacent to an activating group) is 1. The van der Waals surface area contributed by atoms with Crippen LogP contribution in [0.2, 0.25) is 0 Å². The van der Waals surface area contributed by atoms with Crippen LogP contribution >= 0.6 is 0 Å². The predicted octanol–water partition coefficient (Wildman–Crippen LogP) is 0.805. The summed E-state index contributed by atoms with van der Waals surface area (Å²) in [5.74, 6) is 0. The fraction of sp³-hybridized carbons (Fsp3) is 0.643. The minimum atomic E-state index is 0.561. The van der Waals surface area contributed by atoms with Crippen molar-refractivity contribution in [1.29, 1.82) is 0 Å². The summed E-state index contributed by atoms with van der Waals surface area (Å²) in [4.78, 5) is 9.27. The lowest BCUT2D eigenvalue weighted by Crippen LogP contribution is -2.58. The van der Waals surface area contributed by atoms with Crippen LogP contribution in [0.15, 0.2) is 24.4 Å². The highest BCUT2D eigenvalue weighted by Gasteiger charge is 2.28. The number of rotatable bonds is 4. The van der Waals surface area contributed by atoms with E-state index < -0.39 is 0 Å². The van der Waals surface area contributed by atoms with Gasteiger partial charge in [0, 0.05) is 44.5 Å². The standard InChI is InChI=1S/C14H24N4/c1-12-8-15-9-14(11-17(2)3)18(12)10-13-6-4-5-7-16-13/h4-7,12,14-15H,8-11H2,1-3H3. The lowest BCUT2D eigenvalue weighted by atomic mass is 10.1. The van der Waals surface area contributed by atoms with Crippen molar-refractivity contribution in [2.45, 2.75) is 25.6 Å². The molecule has 0 saturated carbocycles. The summed E-state index contributed by atoms with van der Waals surface area (Å²) in [6, 6.07) is 7.27. The Balaban J connectivity index is 2.05. The third-order valence-corrected chi connectivity index (χ3v) is 3.50. The molecule has 0 spiro atoms. The lowest BCUT2D eigenvalue weighted by molar-refractivity contribution is 0.0784. The normalized spacial score (nSPS) is 25.6. The van der Waals surface area contributed by atoms with E-state index in [0.717, 1.165) is 31.9 Å². The quantitative estimate of drug-likeness (QED) is 0.854. The van der Waals surface area contributed by atoms with Gasteiger partial charge in [0.15, 0.2) is 0 Å². The van der Waals surface area contributed by atoms with Crippen molar-refractivity contribution in [2.24, 2.45) is 0 Å². The molecule has 1 fully saturated rings. The van der Waals surface area contributed by atoms with E-state index in [9.17, 15) is 0 Å². The molecular formula is C14H24N4. The van der Waals surface area contributed by atoms with Crippen molar-refractivity contribution in [1.82, 2.24) is 20.1 Å². The predicted molar refractivity (Wildman–Crippen MR) is 74.5 cm³/mol. The molecule has 1 N–H and O–H groups in total. The fourth-order valence-electron chi connectivity index (χ4n) is 2.61. The first-order valence-corrected chi connectivity index (χ1v) is 6.68. The van der Waals surface area contributed by atoms with Crippen LogP contribution in [0.4, 0.5) is 0 Å². The fourth-order valence-corrected chi connectivity index (χ4v) is 2.61. The van der Waals surface area contributed by atoms with Crippen LogP contribution in [0, 0.1) is 0 Å². The van der Waals surface area contributed by atoms with Crippen LogP contribution in [0.1, 0.15) is 12.6 Å². The maximum atomic E-state index is 4.45. The lowest BCUT2D eigenvalue weighted by Gasteiger charge is -2.42. The van der Waals surface area contributed by atoms with E-state index in [1.165, 1.54) is 0 Å². The number of hydrogen-bond donors (Lipinski definition) is 1. The second kappa shape index (κ2) is 6.27. The summed E-state index contributed by atoms with van der Waals surface area (Å²) in [6.45, 7) is 6.45. The van der Waals surface area contributed by atoms with Crippen molar-refractivity contribution in [2.75, 3.05) is 33.7 Å². The Morgan fingerprint density at radius 3 is 2.89 bits per heavy atom. The number of pyridine rings is 1. The molecule has 100 valence electrons. The highest BCUT2D eigenvalue weighted by molar-refractivity contribution is 5.04. The van der Waals surface area contributed by atoms with Crippen LogP contribution in [-0.2, 0) is 6.54 Å². The second-order valence-electron chi connectivity index (χ2n) is 5.42. The number of piperazine rings is 1. The molecule has 2 unspecified atom stereocenters. The second-order valence-corrected chi connectivity index (χ2v) is 5.42. The molecule has 1 aromatic heterocycles. The van der Waals surface area contributed by atoms with E-state index in [-0.39, 0.29) is 0 Å². The van der Waals surface area contributed by atoms with Gasteiger partial charge in [-0.2, -0.15) is 0 Å². The zero-order valence-electron chi connectivity index (χ0n) is 11.6. The van der Waals surface area contributed by atoms with Crippen LogP contribution in [0.25, 0.3) is 0 Å². The van der Waals surface area contributed by atoms with Gasteiger partial charge in [0.05, 0.1) is 5.69 Å². The maximum Gasteiger partial charge on any atom is 0.0544 e. The van der Waals surface area contributed by atoms with Crippen molar-refractivity contribution in [3.8, 4) is 0 Å². The minimum absolute atomic E-state index is 0.561. The monoisotopic (exact) mass is 248 g/mol. The van der Waals surface area contributed by atoms with Gasteiger partial charge >= 0.3 is 0 Å². The molecule has 1 saturated heterocycles. The molecule has 0 amide bonds. The van der Waals surface area contributed by atoms with Crippen LogP contribution < -0.4 is 5.32 Å². The smallest absolute Gasteiger partial charge is 0.0544 e. The molecule has 4 nitrogen and oxygen atoms in total. The number of nitrogens with zero attached hydrogens (tertiary/aromatic N) is 3. The average molecular weight is 248 g/mol. The SMILES string of the molecule is CC1CNCC(CN(C)C)N1Cc1ccccn1. The average Bonchev–Trinajstić information content (AvgIpc) is 2.34. The molecule has 2 atom stereocenters. The molecule has 4 heteroatoms. The van der Waals surface area contributed by atoms with Crippen LogP contribution in [-0.4, -0.2) is 60.6 Å². The summed E-state index contributed by atoms with van der Waals surface area (Å²) in [6.07, 6.45) is 1.88. The van der Waals surface area contributed by atoms with Crippen molar-refractivity contribution >= 4 is 0 Å². The first-order valence-electron chi connectivity index (χ1n) is 6.68. The van der Waals surface area contributed by atoms with E-state index in [4.69, 9.17) is 0 Å². The van der Waals surface area contributed by atoms with Crippen molar-refractivity contribution < 1.29 is 0 Å². The van der Waals surface area contributed by atoms with Gasteiger partial charge in [0.25, 0.3) is 0 Å². The van der Waals surface area contributed by atoms with Gasteiger partial charge in [0.1, 0.15) is 0 Å². The summed E-state index contributed by atoms with van der Waals surface area (Å²) < 4.78 is 0. The van der Waals surface area contributed by atoms with Gasteiger partial charge in [-0.05, 0) is 33.2 Å². The minimum Gasteiger partial charge on any atom is -0.314 e. The third kappa shape index (κ3) is 3.51.